The van der Waals surface area contributed by atoms with E-state index in [1.54, 1.807) is 43.5 Å². The van der Waals surface area contributed by atoms with E-state index in [0.717, 1.165) is 5.56 Å². The topological polar surface area (TPSA) is 107 Å². The van der Waals surface area contributed by atoms with E-state index in [-0.39, 0.29) is 13.3 Å². The van der Waals surface area contributed by atoms with Gasteiger partial charge in [0, 0.05) is 5.56 Å². The smallest absolute Gasteiger partial charge is 0.259 e. The molecule has 9 nitrogen and oxygen atoms in total. The molecule has 4 rings (SSSR count). The first kappa shape index (κ1) is 23.6. The molecule has 2 N–H and O–H groups in total. The Morgan fingerprint density at radius 3 is 2.60 bits per heavy atom. The first-order valence-electron chi connectivity index (χ1n) is 10.9. The summed E-state index contributed by atoms with van der Waals surface area (Å²) in [5.41, 5.74) is 5.69. The SMILES string of the molecule is COc1cc(/C=N\NC(=O)CNC(=O)c2ccc3c(c2)OCO3)ccc1OCc1ccc(C)cc1. The minimum absolute atomic E-state index is 0.121. The fraction of sp³-hybridized carbons (Fsp3) is 0.192. The van der Waals surface area contributed by atoms with Crippen molar-refractivity contribution in [3.05, 3.63) is 82.9 Å². The first-order chi connectivity index (χ1) is 17.0. The lowest BCUT2D eigenvalue weighted by molar-refractivity contribution is -0.120. The number of rotatable bonds is 9. The van der Waals surface area contributed by atoms with Crippen molar-refractivity contribution >= 4 is 18.0 Å². The summed E-state index contributed by atoms with van der Waals surface area (Å²) >= 11 is 0. The van der Waals surface area contributed by atoms with Crippen molar-refractivity contribution in [3.8, 4) is 23.0 Å². The van der Waals surface area contributed by atoms with Crippen LogP contribution in [0.15, 0.2) is 65.8 Å². The summed E-state index contributed by atoms with van der Waals surface area (Å²) in [6, 6.07) is 18.2. The van der Waals surface area contributed by atoms with Gasteiger partial charge in [-0.15, -0.1) is 0 Å². The van der Waals surface area contributed by atoms with Crippen LogP contribution in [-0.4, -0.2) is 38.5 Å². The molecule has 1 heterocycles. The van der Waals surface area contributed by atoms with Crippen LogP contribution in [0, 0.1) is 6.92 Å². The Morgan fingerprint density at radius 2 is 1.80 bits per heavy atom. The van der Waals surface area contributed by atoms with Crippen LogP contribution < -0.4 is 29.7 Å². The van der Waals surface area contributed by atoms with E-state index in [0.29, 0.717) is 40.7 Å². The van der Waals surface area contributed by atoms with Crippen molar-refractivity contribution in [2.24, 2.45) is 5.10 Å². The second-order valence-corrected chi connectivity index (χ2v) is 7.73. The highest BCUT2D eigenvalue weighted by Crippen LogP contribution is 2.32. The van der Waals surface area contributed by atoms with Crippen molar-refractivity contribution in [3.63, 3.8) is 0 Å². The van der Waals surface area contributed by atoms with Crippen molar-refractivity contribution in [2.75, 3.05) is 20.4 Å². The number of carbonyl (C=O) groups is 2. The molecule has 0 saturated heterocycles. The van der Waals surface area contributed by atoms with Gasteiger partial charge in [0.15, 0.2) is 23.0 Å². The number of nitrogens with zero attached hydrogens (tertiary/aromatic N) is 1. The molecule has 3 aromatic rings. The summed E-state index contributed by atoms with van der Waals surface area (Å²) in [6.07, 6.45) is 1.48. The third-order valence-corrected chi connectivity index (χ3v) is 5.15. The van der Waals surface area contributed by atoms with Gasteiger partial charge < -0.3 is 24.3 Å². The Morgan fingerprint density at radius 1 is 1.00 bits per heavy atom. The maximum Gasteiger partial charge on any atom is 0.259 e. The summed E-state index contributed by atoms with van der Waals surface area (Å²) in [5, 5.41) is 6.47. The van der Waals surface area contributed by atoms with Crippen molar-refractivity contribution in [1.29, 1.82) is 0 Å². The molecule has 0 atom stereocenters. The van der Waals surface area contributed by atoms with Gasteiger partial charge in [-0.05, 0) is 54.4 Å². The molecule has 0 aromatic heterocycles. The van der Waals surface area contributed by atoms with Gasteiger partial charge in [-0.1, -0.05) is 29.8 Å². The number of benzene rings is 3. The molecular weight excluding hydrogens is 450 g/mol. The minimum atomic E-state index is -0.472. The summed E-state index contributed by atoms with van der Waals surface area (Å²) in [4.78, 5) is 24.3. The number of methoxy groups -OCH3 is 1. The van der Waals surface area contributed by atoms with Gasteiger partial charge in [-0.25, -0.2) is 5.43 Å². The van der Waals surface area contributed by atoms with Crippen molar-refractivity contribution in [2.45, 2.75) is 13.5 Å². The van der Waals surface area contributed by atoms with Gasteiger partial charge in [0.2, 0.25) is 6.79 Å². The van der Waals surface area contributed by atoms with Crippen LogP contribution in [0.5, 0.6) is 23.0 Å². The lowest BCUT2D eigenvalue weighted by Gasteiger charge is -2.11. The van der Waals surface area contributed by atoms with Gasteiger partial charge >= 0.3 is 0 Å². The number of aryl methyl sites for hydroxylation is 1. The monoisotopic (exact) mass is 475 g/mol. The van der Waals surface area contributed by atoms with Crippen LogP contribution in [0.1, 0.15) is 27.0 Å². The van der Waals surface area contributed by atoms with E-state index in [4.69, 9.17) is 18.9 Å². The van der Waals surface area contributed by atoms with Crippen LogP contribution in [0.3, 0.4) is 0 Å². The maximum atomic E-state index is 12.3. The third-order valence-electron chi connectivity index (χ3n) is 5.15. The second-order valence-electron chi connectivity index (χ2n) is 7.73. The Kier molecular flexibility index (Phi) is 7.47. The number of hydrogen-bond acceptors (Lipinski definition) is 7. The molecule has 0 saturated carbocycles. The normalized spacial score (nSPS) is 11.8. The molecule has 1 aliphatic rings. The van der Waals surface area contributed by atoms with Crippen LogP contribution >= 0.6 is 0 Å². The summed E-state index contributed by atoms with van der Waals surface area (Å²) in [5.74, 6) is 1.34. The quantitative estimate of drug-likeness (QED) is 0.364. The van der Waals surface area contributed by atoms with Gasteiger partial charge in [-0.2, -0.15) is 5.10 Å². The summed E-state index contributed by atoms with van der Waals surface area (Å²) in [7, 11) is 1.56. The van der Waals surface area contributed by atoms with Crippen LogP contribution in [0.4, 0.5) is 0 Å². The van der Waals surface area contributed by atoms with Crippen LogP contribution in [0.25, 0.3) is 0 Å². The fourth-order valence-corrected chi connectivity index (χ4v) is 3.25. The molecule has 0 fully saturated rings. The van der Waals surface area contributed by atoms with E-state index >= 15 is 0 Å². The second kappa shape index (κ2) is 11.1. The third kappa shape index (κ3) is 6.29. The van der Waals surface area contributed by atoms with Crippen molar-refractivity contribution in [1.82, 2.24) is 10.7 Å². The molecule has 180 valence electrons. The average Bonchev–Trinajstić information content (AvgIpc) is 3.35. The van der Waals surface area contributed by atoms with E-state index in [9.17, 15) is 9.59 Å². The lowest BCUT2D eigenvalue weighted by Crippen LogP contribution is -2.34. The molecule has 1 aliphatic heterocycles. The lowest BCUT2D eigenvalue weighted by atomic mass is 10.2. The fourth-order valence-electron chi connectivity index (χ4n) is 3.25. The molecule has 9 heteroatoms. The average molecular weight is 476 g/mol. The molecule has 0 unspecified atom stereocenters. The Labute approximate surface area is 202 Å². The Bertz CT molecular complexity index is 1240. The van der Waals surface area contributed by atoms with Crippen molar-refractivity contribution < 1.29 is 28.5 Å². The molecule has 35 heavy (non-hydrogen) atoms. The van der Waals surface area contributed by atoms with Crippen LogP contribution in [-0.2, 0) is 11.4 Å². The number of ether oxygens (including phenoxy) is 4. The number of hydrazone groups is 1. The number of carbonyl (C=O) groups excluding carboxylic acids is 2. The molecule has 3 aromatic carbocycles. The Balaban J connectivity index is 1.26. The van der Waals surface area contributed by atoms with E-state index in [1.807, 2.05) is 31.2 Å². The highest BCUT2D eigenvalue weighted by molar-refractivity contribution is 5.97. The highest BCUT2D eigenvalue weighted by atomic mass is 16.7. The highest BCUT2D eigenvalue weighted by Gasteiger charge is 2.16. The van der Waals surface area contributed by atoms with Gasteiger partial charge in [-0.3, -0.25) is 9.59 Å². The van der Waals surface area contributed by atoms with E-state index < -0.39 is 11.8 Å². The maximum absolute atomic E-state index is 12.3. The van der Waals surface area contributed by atoms with E-state index in [2.05, 4.69) is 15.8 Å². The Hall–Kier alpha value is -4.53. The van der Waals surface area contributed by atoms with Gasteiger partial charge in [0.25, 0.3) is 11.8 Å². The summed E-state index contributed by atoms with van der Waals surface area (Å²) < 4.78 is 21.8. The zero-order valence-corrected chi connectivity index (χ0v) is 19.4. The number of hydrogen-bond donors (Lipinski definition) is 2. The predicted octanol–water partition coefficient (Wildman–Crippen LogP) is 3.19. The summed E-state index contributed by atoms with van der Waals surface area (Å²) in [6.45, 7) is 2.33. The standard InChI is InChI=1S/C26H25N3O6/c1-17-3-5-18(6-4-17)15-33-21-9-7-19(11-23(21)32-2)13-28-29-25(30)14-27-26(31)20-8-10-22-24(12-20)35-16-34-22/h3-13H,14-16H2,1-2H3,(H,27,31)(H,29,30)/b28-13-. The zero-order valence-electron chi connectivity index (χ0n) is 19.4. The largest absolute Gasteiger partial charge is 0.493 e. The van der Waals surface area contributed by atoms with E-state index in [1.165, 1.54) is 11.8 Å². The van der Waals surface area contributed by atoms with Gasteiger partial charge in [0.1, 0.15) is 6.61 Å². The first-order valence-corrected chi connectivity index (χ1v) is 10.9. The molecule has 0 bridgehead atoms. The molecular formula is C26H25N3O6. The molecule has 0 radical (unpaired) electrons. The molecule has 0 spiro atoms. The van der Waals surface area contributed by atoms with Gasteiger partial charge in [0.05, 0.1) is 19.9 Å². The molecule has 2 amide bonds. The molecule has 0 aliphatic carbocycles. The minimum Gasteiger partial charge on any atom is -0.493 e. The van der Waals surface area contributed by atoms with Crippen LogP contribution in [0.2, 0.25) is 0 Å². The predicted molar refractivity (Wildman–Crippen MR) is 129 cm³/mol. The zero-order chi connectivity index (χ0) is 24.6. The number of nitrogens with one attached hydrogen (secondary N) is 2. The number of fused-ring (bicyclic) bond motifs is 1. The number of amides is 2.